The van der Waals surface area contributed by atoms with E-state index in [0.717, 1.165) is 24.0 Å². The number of carbonyl (C=O) groups is 3. The minimum absolute atomic E-state index is 0.0379. The van der Waals surface area contributed by atoms with Crippen molar-refractivity contribution in [1.82, 2.24) is 19.2 Å². The molecule has 0 aliphatic carbocycles. The molecule has 1 aromatic heterocycles. The fourth-order valence-electron chi connectivity index (χ4n) is 2.90. The third kappa shape index (κ3) is 4.88. The average Bonchev–Trinajstić information content (AvgIpc) is 3.13. The number of aliphatic carboxylic acids is 2. The van der Waals surface area contributed by atoms with Gasteiger partial charge in [-0.15, -0.1) is 5.10 Å². The zero-order chi connectivity index (χ0) is 24.6. The van der Waals surface area contributed by atoms with Crippen molar-refractivity contribution < 1.29 is 37.8 Å². The minimum Gasteiger partial charge on any atom is -0.481 e. The predicted molar refractivity (Wildman–Crippen MR) is 109 cm³/mol. The Bertz CT molecular complexity index is 1250. The van der Waals surface area contributed by atoms with Crippen molar-refractivity contribution in [3.05, 3.63) is 39.3 Å². The zero-order valence-corrected chi connectivity index (χ0v) is 18.0. The Labute approximate surface area is 191 Å². The predicted octanol–water partition coefficient (Wildman–Crippen LogP) is 2.02. The SMILES string of the molecule is Cc1nn(-c2cc(N=C3SC(CC(=O)O)C(=O)N3CC(=O)O)c(Cl)cc2F)c(=O)n1C(F)F. The summed E-state index contributed by atoms with van der Waals surface area (Å²) in [5.74, 6) is -5.00. The second-order valence-corrected chi connectivity index (χ2v) is 8.14. The maximum Gasteiger partial charge on any atom is 0.355 e. The zero-order valence-electron chi connectivity index (χ0n) is 16.4. The van der Waals surface area contributed by atoms with Gasteiger partial charge in [-0.2, -0.15) is 13.5 Å². The number of aryl methyl sites for hydroxylation is 1. The second-order valence-electron chi connectivity index (χ2n) is 6.56. The monoisotopic (exact) mass is 507 g/mol. The topological polar surface area (TPSA) is 147 Å². The van der Waals surface area contributed by atoms with Gasteiger partial charge in [0.1, 0.15) is 23.3 Å². The molecule has 1 aliphatic rings. The highest BCUT2D eigenvalue weighted by atomic mass is 35.5. The average molecular weight is 508 g/mol. The first kappa shape index (κ1) is 24.3. The largest absolute Gasteiger partial charge is 0.481 e. The van der Waals surface area contributed by atoms with Crippen LogP contribution in [0.3, 0.4) is 0 Å². The number of thioether (sulfide) groups is 1. The molecule has 16 heteroatoms. The number of hydrogen-bond donors (Lipinski definition) is 2. The molecule has 2 aromatic rings. The van der Waals surface area contributed by atoms with Gasteiger partial charge >= 0.3 is 24.2 Å². The van der Waals surface area contributed by atoms with Gasteiger partial charge in [0.25, 0.3) is 0 Å². The first-order valence-corrected chi connectivity index (χ1v) is 10.1. The second kappa shape index (κ2) is 9.27. The summed E-state index contributed by atoms with van der Waals surface area (Å²) < 4.78 is 41.1. The van der Waals surface area contributed by atoms with E-state index in [1.165, 1.54) is 0 Å². The standard InChI is InChI=1S/C17H13ClF3N5O6S/c1-6-23-26(17(32)25(6)15(20)21)10-3-9(7(18)2-8(10)19)22-16-24(5-13(29)30)14(31)11(33-16)4-12(27)28/h2-3,11,15H,4-5H2,1H3,(H,27,28)(H,29,30). The van der Waals surface area contributed by atoms with Crippen molar-refractivity contribution in [3.8, 4) is 5.69 Å². The fourth-order valence-corrected chi connectivity index (χ4v) is 4.23. The van der Waals surface area contributed by atoms with Gasteiger partial charge in [0.05, 0.1) is 17.1 Å². The third-order valence-corrected chi connectivity index (χ3v) is 5.79. The summed E-state index contributed by atoms with van der Waals surface area (Å²) in [5.41, 5.74) is -2.15. The summed E-state index contributed by atoms with van der Waals surface area (Å²) in [4.78, 5) is 51.6. The van der Waals surface area contributed by atoms with Crippen LogP contribution < -0.4 is 5.69 Å². The molecule has 1 unspecified atom stereocenters. The number of halogens is 4. The van der Waals surface area contributed by atoms with E-state index in [1.54, 1.807) is 0 Å². The van der Waals surface area contributed by atoms with Crippen LogP contribution in [0.25, 0.3) is 5.69 Å². The molecule has 1 fully saturated rings. The van der Waals surface area contributed by atoms with Gasteiger partial charge in [-0.05, 0) is 19.1 Å². The van der Waals surface area contributed by atoms with Crippen LogP contribution in [-0.2, 0) is 14.4 Å². The Morgan fingerprint density at radius 1 is 1.27 bits per heavy atom. The number of amidine groups is 1. The molecular weight excluding hydrogens is 495 g/mol. The lowest BCUT2D eigenvalue weighted by Crippen LogP contribution is -2.36. The van der Waals surface area contributed by atoms with Crippen molar-refractivity contribution in [2.45, 2.75) is 25.1 Å². The van der Waals surface area contributed by atoms with E-state index >= 15 is 0 Å². The first-order valence-electron chi connectivity index (χ1n) is 8.86. The lowest BCUT2D eigenvalue weighted by Gasteiger charge is -2.14. The molecule has 2 N–H and O–H groups in total. The number of benzene rings is 1. The van der Waals surface area contributed by atoms with Crippen LogP contribution in [0.4, 0.5) is 18.9 Å². The third-order valence-electron chi connectivity index (χ3n) is 4.31. The summed E-state index contributed by atoms with van der Waals surface area (Å²) in [6.07, 6.45) is -0.610. The molecule has 176 valence electrons. The number of rotatable bonds is 7. The van der Waals surface area contributed by atoms with Crippen molar-refractivity contribution in [2.75, 3.05) is 6.54 Å². The molecule has 1 atom stereocenters. The number of aromatic nitrogens is 3. The maximum absolute atomic E-state index is 14.5. The number of carbonyl (C=O) groups excluding carboxylic acids is 1. The van der Waals surface area contributed by atoms with E-state index in [4.69, 9.17) is 21.8 Å². The molecular formula is C17H13ClF3N5O6S. The van der Waals surface area contributed by atoms with Gasteiger partial charge in [-0.1, -0.05) is 23.4 Å². The number of hydrogen-bond acceptors (Lipinski definition) is 7. The molecule has 0 spiro atoms. The summed E-state index contributed by atoms with van der Waals surface area (Å²) >= 11 is 6.66. The number of alkyl halides is 2. The Hall–Kier alpha value is -3.33. The van der Waals surface area contributed by atoms with Gasteiger partial charge in [0.15, 0.2) is 11.0 Å². The molecule has 11 nitrogen and oxygen atoms in total. The van der Waals surface area contributed by atoms with Crippen LogP contribution in [0.2, 0.25) is 5.02 Å². The van der Waals surface area contributed by atoms with Gasteiger partial charge in [0.2, 0.25) is 5.91 Å². The van der Waals surface area contributed by atoms with E-state index in [1.807, 2.05) is 0 Å². The number of carboxylic acids is 2. The highest BCUT2D eigenvalue weighted by Gasteiger charge is 2.40. The first-order chi connectivity index (χ1) is 15.4. The highest BCUT2D eigenvalue weighted by Crippen LogP contribution is 2.35. The summed E-state index contributed by atoms with van der Waals surface area (Å²) in [6.45, 7) is -2.94. The Morgan fingerprint density at radius 2 is 1.94 bits per heavy atom. The molecule has 0 saturated carbocycles. The number of carboxylic acid groups (broad SMARTS) is 2. The van der Waals surface area contributed by atoms with Crippen LogP contribution in [0, 0.1) is 12.7 Å². The lowest BCUT2D eigenvalue weighted by atomic mass is 10.2. The summed E-state index contributed by atoms with van der Waals surface area (Å²) in [5, 5.41) is 20.0. The van der Waals surface area contributed by atoms with Gasteiger partial charge in [-0.25, -0.2) is 18.7 Å². The van der Waals surface area contributed by atoms with Crippen molar-refractivity contribution >= 4 is 52.1 Å². The molecule has 1 aliphatic heterocycles. The number of nitrogens with zero attached hydrogens (tertiary/aromatic N) is 5. The van der Waals surface area contributed by atoms with E-state index in [2.05, 4.69) is 10.1 Å². The molecule has 1 amide bonds. The highest BCUT2D eigenvalue weighted by molar-refractivity contribution is 8.15. The molecule has 0 radical (unpaired) electrons. The van der Waals surface area contributed by atoms with Gasteiger partial charge < -0.3 is 10.2 Å². The Kier molecular flexibility index (Phi) is 6.83. The lowest BCUT2D eigenvalue weighted by molar-refractivity contribution is -0.142. The van der Waals surface area contributed by atoms with Crippen LogP contribution in [0.1, 0.15) is 18.8 Å². The quantitative estimate of drug-likeness (QED) is 0.578. The van der Waals surface area contributed by atoms with Gasteiger partial charge in [0, 0.05) is 0 Å². The summed E-state index contributed by atoms with van der Waals surface area (Å²) in [6, 6.07) is 1.64. The Balaban J connectivity index is 2.11. The minimum atomic E-state index is -3.22. The van der Waals surface area contributed by atoms with E-state index in [0.29, 0.717) is 16.4 Å². The Morgan fingerprint density at radius 3 is 2.48 bits per heavy atom. The van der Waals surface area contributed by atoms with Crippen LogP contribution in [-0.4, -0.2) is 64.3 Å². The maximum atomic E-state index is 14.5. The normalized spacial score (nSPS) is 17.4. The van der Waals surface area contributed by atoms with Crippen LogP contribution in [0.5, 0.6) is 0 Å². The molecule has 33 heavy (non-hydrogen) atoms. The molecule has 2 heterocycles. The molecule has 0 bridgehead atoms. The fraction of sp³-hybridized carbons (Fsp3) is 0.294. The van der Waals surface area contributed by atoms with Crippen molar-refractivity contribution in [2.24, 2.45) is 4.99 Å². The smallest absolute Gasteiger partial charge is 0.355 e. The van der Waals surface area contributed by atoms with E-state index in [9.17, 15) is 32.3 Å². The molecule has 3 rings (SSSR count). The van der Waals surface area contributed by atoms with Crippen molar-refractivity contribution in [3.63, 3.8) is 0 Å². The van der Waals surface area contributed by atoms with E-state index < -0.39 is 65.6 Å². The molecule has 1 saturated heterocycles. The van der Waals surface area contributed by atoms with Crippen LogP contribution in [0.15, 0.2) is 21.9 Å². The van der Waals surface area contributed by atoms with E-state index in [-0.39, 0.29) is 20.4 Å². The molecule has 1 aromatic carbocycles. The van der Waals surface area contributed by atoms with Crippen LogP contribution >= 0.6 is 23.4 Å². The number of amides is 1. The summed E-state index contributed by atoms with van der Waals surface area (Å²) in [7, 11) is 0. The number of aliphatic imine (C=N–C) groups is 1. The van der Waals surface area contributed by atoms with Crippen molar-refractivity contribution in [1.29, 1.82) is 0 Å². The van der Waals surface area contributed by atoms with Gasteiger partial charge in [-0.3, -0.25) is 19.3 Å².